The molecule has 2 aromatic rings. The van der Waals surface area contributed by atoms with E-state index in [9.17, 15) is 8.42 Å². The molecule has 0 radical (unpaired) electrons. The lowest BCUT2D eigenvalue weighted by Gasteiger charge is -2.14. The van der Waals surface area contributed by atoms with Crippen LogP contribution in [0.2, 0.25) is 0 Å². The lowest BCUT2D eigenvalue weighted by molar-refractivity contribution is 0.594. The maximum atomic E-state index is 11.7. The monoisotopic (exact) mass is 318 g/mol. The maximum Gasteiger partial charge on any atom is 0.256 e. The molecule has 7 heteroatoms. The summed E-state index contributed by atoms with van der Waals surface area (Å²) in [5.74, 6) is 0.807. The fourth-order valence-electron chi connectivity index (χ4n) is 2.12. The van der Waals surface area contributed by atoms with Crippen molar-refractivity contribution in [1.82, 2.24) is 9.97 Å². The van der Waals surface area contributed by atoms with Crippen LogP contribution in [0.1, 0.15) is 12.5 Å². The van der Waals surface area contributed by atoms with Gasteiger partial charge < -0.3 is 4.90 Å². The number of rotatable bonds is 4. The zero-order chi connectivity index (χ0) is 16.5. The molecule has 2 N–H and O–H groups in total. The molecular weight excluding hydrogens is 300 g/mol. The second-order valence-corrected chi connectivity index (χ2v) is 6.64. The third-order valence-electron chi connectivity index (χ3n) is 3.13. The van der Waals surface area contributed by atoms with Gasteiger partial charge in [-0.3, -0.25) is 0 Å². The van der Waals surface area contributed by atoms with Crippen molar-refractivity contribution in [1.29, 1.82) is 0 Å². The van der Waals surface area contributed by atoms with E-state index in [4.69, 9.17) is 5.14 Å². The van der Waals surface area contributed by atoms with Crippen LogP contribution >= 0.6 is 0 Å². The van der Waals surface area contributed by atoms with E-state index >= 15 is 0 Å². The molecule has 0 bridgehead atoms. The summed E-state index contributed by atoms with van der Waals surface area (Å²) < 4.78 is 23.5. The first kappa shape index (κ1) is 16.1. The highest BCUT2D eigenvalue weighted by atomic mass is 32.2. The molecule has 0 aromatic carbocycles. The van der Waals surface area contributed by atoms with Crippen molar-refractivity contribution < 1.29 is 8.42 Å². The van der Waals surface area contributed by atoms with Crippen molar-refractivity contribution in [3.8, 4) is 11.1 Å². The van der Waals surface area contributed by atoms with Gasteiger partial charge in [0.2, 0.25) is 0 Å². The summed E-state index contributed by atoms with van der Waals surface area (Å²) in [7, 11) is -0.140. The van der Waals surface area contributed by atoms with Crippen LogP contribution in [0.25, 0.3) is 16.7 Å². The van der Waals surface area contributed by atoms with E-state index in [2.05, 4.69) is 16.5 Å². The SMILES string of the molecule is C=C(C)c1c(-c2ccc(N(C)C)nc2)ccnc1S(N)(=O)=O. The van der Waals surface area contributed by atoms with Gasteiger partial charge in [0.25, 0.3) is 10.0 Å². The number of hydrogen-bond donors (Lipinski definition) is 1. The lowest BCUT2D eigenvalue weighted by Crippen LogP contribution is -2.16. The van der Waals surface area contributed by atoms with Gasteiger partial charge in [0.05, 0.1) is 0 Å². The molecule has 0 amide bonds. The molecule has 0 atom stereocenters. The summed E-state index contributed by atoms with van der Waals surface area (Å²) in [4.78, 5) is 10.1. The van der Waals surface area contributed by atoms with Crippen LogP contribution in [0.3, 0.4) is 0 Å². The van der Waals surface area contributed by atoms with Crippen molar-refractivity contribution in [3.05, 3.63) is 42.7 Å². The van der Waals surface area contributed by atoms with Crippen molar-refractivity contribution in [3.63, 3.8) is 0 Å². The molecule has 6 nitrogen and oxygen atoms in total. The van der Waals surface area contributed by atoms with Crippen molar-refractivity contribution in [2.24, 2.45) is 5.14 Å². The topological polar surface area (TPSA) is 89.2 Å². The largest absolute Gasteiger partial charge is 0.363 e. The number of nitrogens with zero attached hydrogens (tertiary/aromatic N) is 3. The first-order valence-corrected chi connectivity index (χ1v) is 8.08. The standard InChI is InChI=1S/C15H18N4O2S/c1-10(2)14-12(7-8-17-15(14)22(16,20)21)11-5-6-13(18-9-11)19(3)4/h5-9H,1H2,2-4H3,(H2,16,20,21). The summed E-state index contributed by atoms with van der Waals surface area (Å²) in [6, 6.07) is 5.46. The van der Waals surface area contributed by atoms with E-state index in [1.807, 2.05) is 31.1 Å². The average molecular weight is 318 g/mol. The Morgan fingerprint density at radius 3 is 2.36 bits per heavy atom. The third-order valence-corrected chi connectivity index (χ3v) is 3.98. The van der Waals surface area contributed by atoms with Gasteiger partial charge in [-0.1, -0.05) is 6.58 Å². The van der Waals surface area contributed by atoms with E-state index in [1.54, 1.807) is 19.2 Å². The molecular formula is C15H18N4O2S. The van der Waals surface area contributed by atoms with Gasteiger partial charge >= 0.3 is 0 Å². The van der Waals surface area contributed by atoms with Crippen LogP contribution in [0, 0.1) is 0 Å². The summed E-state index contributed by atoms with van der Waals surface area (Å²) in [6.45, 7) is 5.56. The molecule has 0 aliphatic rings. The van der Waals surface area contributed by atoms with Crippen LogP contribution < -0.4 is 10.0 Å². The van der Waals surface area contributed by atoms with Gasteiger partial charge in [0.1, 0.15) is 5.82 Å². The van der Waals surface area contributed by atoms with Crippen LogP contribution in [0.5, 0.6) is 0 Å². The van der Waals surface area contributed by atoms with Crippen LogP contribution in [-0.4, -0.2) is 32.5 Å². The second kappa shape index (κ2) is 5.86. The first-order valence-electron chi connectivity index (χ1n) is 6.53. The van der Waals surface area contributed by atoms with Crippen molar-refractivity contribution >= 4 is 21.4 Å². The zero-order valence-electron chi connectivity index (χ0n) is 12.7. The summed E-state index contributed by atoms with van der Waals surface area (Å²) >= 11 is 0. The number of pyridine rings is 2. The van der Waals surface area contributed by atoms with Crippen molar-refractivity contribution in [2.75, 3.05) is 19.0 Å². The molecule has 2 aromatic heterocycles. The Morgan fingerprint density at radius 2 is 1.91 bits per heavy atom. The fraction of sp³-hybridized carbons (Fsp3) is 0.200. The highest BCUT2D eigenvalue weighted by Crippen LogP contribution is 2.31. The molecule has 0 aliphatic carbocycles. The van der Waals surface area contributed by atoms with Gasteiger partial charge in [-0.25, -0.2) is 23.5 Å². The number of nitrogens with two attached hydrogens (primary N) is 1. The minimum Gasteiger partial charge on any atom is -0.363 e. The molecule has 0 saturated carbocycles. The molecule has 0 saturated heterocycles. The number of anilines is 1. The van der Waals surface area contributed by atoms with E-state index in [0.29, 0.717) is 16.7 Å². The van der Waals surface area contributed by atoms with Crippen molar-refractivity contribution in [2.45, 2.75) is 11.9 Å². The quantitative estimate of drug-likeness (QED) is 0.930. The number of aromatic nitrogens is 2. The van der Waals surface area contributed by atoms with E-state index in [1.165, 1.54) is 6.20 Å². The molecule has 0 aliphatic heterocycles. The molecule has 0 spiro atoms. The van der Waals surface area contributed by atoms with Gasteiger partial charge in [-0.05, 0) is 36.3 Å². The number of primary sulfonamides is 1. The number of sulfonamides is 1. The summed E-state index contributed by atoms with van der Waals surface area (Å²) in [5.41, 5.74) is 2.45. The predicted molar refractivity (Wildman–Crippen MR) is 87.9 cm³/mol. The summed E-state index contributed by atoms with van der Waals surface area (Å²) in [6.07, 6.45) is 3.10. The predicted octanol–water partition coefficient (Wildman–Crippen LogP) is 1.89. The Kier molecular flexibility index (Phi) is 4.30. The average Bonchev–Trinajstić information content (AvgIpc) is 2.45. The van der Waals surface area contributed by atoms with Crippen LogP contribution in [0.15, 0.2) is 42.2 Å². The Balaban J connectivity index is 2.68. The molecule has 2 rings (SSSR count). The normalized spacial score (nSPS) is 11.3. The number of allylic oxidation sites excluding steroid dienone is 1. The van der Waals surface area contributed by atoms with Gasteiger partial charge in [0, 0.05) is 37.6 Å². The molecule has 0 fully saturated rings. The highest BCUT2D eigenvalue weighted by Gasteiger charge is 2.20. The Hall–Kier alpha value is -2.25. The molecule has 116 valence electrons. The van der Waals surface area contributed by atoms with Gasteiger partial charge in [-0.2, -0.15) is 0 Å². The van der Waals surface area contributed by atoms with E-state index in [-0.39, 0.29) is 5.03 Å². The highest BCUT2D eigenvalue weighted by molar-refractivity contribution is 7.89. The van der Waals surface area contributed by atoms with Crippen LogP contribution in [0.4, 0.5) is 5.82 Å². The maximum absolute atomic E-state index is 11.7. The van der Waals surface area contributed by atoms with Gasteiger partial charge in [0.15, 0.2) is 5.03 Å². The molecule has 2 heterocycles. The van der Waals surface area contributed by atoms with E-state index < -0.39 is 10.0 Å². The minimum absolute atomic E-state index is 0.172. The number of hydrogen-bond acceptors (Lipinski definition) is 5. The van der Waals surface area contributed by atoms with E-state index in [0.717, 1.165) is 11.4 Å². The zero-order valence-corrected chi connectivity index (χ0v) is 13.6. The minimum atomic E-state index is -3.93. The first-order chi connectivity index (χ1) is 10.2. The Morgan fingerprint density at radius 1 is 1.23 bits per heavy atom. The summed E-state index contributed by atoms with van der Waals surface area (Å²) in [5, 5.41) is 5.08. The van der Waals surface area contributed by atoms with Gasteiger partial charge in [-0.15, -0.1) is 0 Å². The lowest BCUT2D eigenvalue weighted by atomic mass is 9.99. The smallest absolute Gasteiger partial charge is 0.256 e. The Bertz CT molecular complexity index is 812. The molecule has 0 unspecified atom stereocenters. The Labute approximate surface area is 130 Å². The second-order valence-electron chi connectivity index (χ2n) is 5.16. The fourth-order valence-corrected chi connectivity index (χ4v) is 2.90. The third kappa shape index (κ3) is 3.15. The van der Waals surface area contributed by atoms with Crippen LogP contribution in [-0.2, 0) is 10.0 Å². The molecule has 22 heavy (non-hydrogen) atoms.